The van der Waals surface area contributed by atoms with Crippen molar-refractivity contribution in [3.63, 3.8) is 0 Å². The summed E-state index contributed by atoms with van der Waals surface area (Å²) in [4.78, 5) is 9.18. The molecule has 0 amide bonds. The fraction of sp³-hybridized carbons (Fsp3) is 0.500. The second kappa shape index (κ2) is 9.95. The Bertz CT molecular complexity index is 364. The van der Waals surface area contributed by atoms with Crippen LogP contribution >= 0.6 is 15.9 Å². The fourth-order valence-corrected chi connectivity index (χ4v) is 2.08. The van der Waals surface area contributed by atoms with Gasteiger partial charge in [0.2, 0.25) is 0 Å². The van der Waals surface area contributed by atoms with E-state index in [9.17, 15) is 4.79 Å². The van der Waals surface area contributed by atoms with E-state index in [0.29, 0.717) is 26.3 Å². The lowest BCUT2D eigenvalue weighted by Crippen LogP contribution is -1.99. The van der Waals surface area contributed by atoms with Crippen LogP contribution in [0.1, 0.15) is 24.3 Å². The fourth-order valence-electron chi connectivity index (χ4n) is 1.62. The lowest BCUT2D eigenvalue weighted by Gasteiger charge is -2.10. The Balaban J connectivity index is 0.000000312. The minimum atomic E-state index is -0.148. The molecule has 1 aliphatic heterocycles. The highest BCUT2D eigenvalue weighted by atomic mass is 79.9. The molecular weight excluding hydrogens is 312 g/mol. The summed E-state index contributed by atoms with van der Waals surface area (Å²) in [6.07, 6.45) is 0.894. The zero-order valence-electron chi connectivity index (χ0n) is 11.0. The van der Waals surface area contributed by atoms with Crippen LogP contribution < -0.4 is 0 Å². The van der Waals surface area contributed by atoms with E-state index < -0.39 is 0 Å². The summed E-state index contributed by atoms with van der Waals surface area (Å²) in [7, 11) is 0. The summed E-state index contributed by atoms with van der Waals surface area (Å²) in [5.74, 6) is 0. The molecule has 0 spiro atoms. The first kappa shape index (κ1) is 16.1. The minimum Gasteiger partial charge on any atom is -0.468 e. The van der Waals surface area contributed by atoms with Crippen molar-refractivity contribution in [3.05, 3.63) is 35.4 Å². The summed E-state index contributed by atoms with van der Waals surface area (Å²) in [5, 5.41) is 0.989. The van der Waals surface area contributed by atoms with Crippen LogP contribution in [0.4, 0.5) is 0 Å². The molecule has 0 atom stereocenters. The maximum absolute atomic E-state index is 9.18. The number of carbonyl (C=O) groups excluding carboxylic acids is 1. The number of benzene rings is 1. The van der Waals surface area contributed by atoms with Crippen LogP contribution in [-0.4, -0.2) is 31.6 Å². The van der Waals surface area contributed by atoms with Crippen LogP contribution in [0, 0.1) is 0 Å². The number of aryl methyl sites for hydroxylation is 1. The molecule has 0 saturated carbocycles. The smallest absolute Gasteiger partial charge is 0.293 e. The molecule has 0 N–H and O–H groups in total. The predicted octanol–water partition coefficient (Wildman–Crippen LogP) is 2.85. The standard InChI is InChI=1S/C11H13BrO2.C3H6O2/c12-5-4-9-2-1-3-10(8-9)11-13-6-7-14-11;1-2-5-3-4/h1-3,8,11H,4-7H2;3H,2H2,1H3. The number of carbonyl (C=O) groups is 1. The highest BCUT2D eigenvalue weighted by molar-refractivity contribution is 9.09. The lowest BCUT2D eigenvalue weighted by molar-refractivity contribution is -0.128. The Kier molecular flexibility index (Phi) is 8.45. The average Bonchev–Trinajstić information content (AvgIpc) is 2.95. The molecule has 2 rings (SSSR count). The molecule has 1 aromatic rings. The first-order valence-electron chi connectivity index (χ1n) is 6.25. The van der Waals surface area contributed by atoms with E-state index in [1.54, 1.807) is 6.92 Å². The molecule has 0 bridgehead atoms. The van der Waals surface area contributed by atoms with Crippen molar-refractivity contribution >= 4 is 22.4 Å². The van der Waals surface area contributed by atoms with Gasteiger partial charge in [-0.15, -0.1) is 0 Å². The van der Waals surface area contributed by atoms with E-state index in [-0.39, 0.29) is 6.29 Å². The number of halogens is 1. The quantitative estimate of drug-likeness (QED) is 0.615. The van der Waals surface area contributed by atoms with Gasteiger partial charge in [0.1, 0.15) is 0 Å². The minimum absolute atomic E-state index is 0.148. The SMILES string of the molecule is BrCCc1cccc(C2OCCO2)c1.CCOC=O. The molecule has 0 aromatic heterocycles. The molecular formula is C14H19BrO4. The highest BCUT2D eigenvalue weighted by Gasteiger charge is 2.17. The number of ether oxygens (including phenoxy) is 3. The Morgan fingerprint density at radius 3 is 2.68 bits per heavy atom. The largest absolute Gasteiger partial charge is 0.468 e. The van der Waals surface area contributed by atoms with Crippen LogP contribution in [0.25, 0.3) is 0 Å². The number of rotatable bonds is 5. The molecule has 0 aliphatic carbocycles. The molecule has 0 unspecified atom stereocenters. The zero-order chi connectivity index (χ0) is 13.9. The monoisotopic (exact) mass is 330 g/mol. The van der Waals surface area contributed by atoms with E-state index >= 15 is 0 Å². The van der Waals surface area contributed by atoms with Gasteiger partial charge in [-0.05, 0) is 18.9 Å². The molecule has 1 aliphatic rings. The van der Waals surface area contributed by atoms with Crippen molar-refractivity contribution in [2.75, 3.05) is 25.2 Å². The summed E-state index contributed by atoms with van der Waals surface area (Å²) in [6, 6.07) is 8.38. The molecule has 5 heteroatoms. The third-order valence-electron chi connectivity index (χ3n) is 2.46. The molecule has 1 heterocycles. The van der Waals surface area contributed by atoms with Gasteiger partial charge in [0.15, 0.2) is 6.29 Å². The zero-order valence-corrected chi connectivity index (χ0v) is 12.6. The van der Waals surface area contributed by atoms with Gasteiger partial charge in [0.05, 0.1) is 19.8 Å². The van der Waals surface area contributed by atoms with Crippen LogP contribution in [-0.2, 0) is 25.4 Å². The average molecular weight is 331 g/mol. The van der Waals surface area contributed by atoms with E-state index in [0.717, 1.165) is 17.3 Å². The Morgan fingerprint density at radius 2 is 2.16 bits per heavy atom. The van der Waals surface area contributed by atoms with E-state index in [1.165, 1.54) is 5.56 Å². The van der Waals surface area contributed by atoms with Crippen molar-refractivity contribution in [1.29, 1.82) is 0 Å². The Morgan fingerprint density at radius 1 is 1.42 bits per heavy atom. The predicted molar refractivity (Wildman–Crippen MR) is 76.3 cm³/mol. The number of hydrogen-bond donors (Lipinski definition) is 0. The molecule has 1 saturated heterocycles. The Labute approximate surface area is 122 Å². The highest BCUT2D eigenvalue weighted by Crippen LogP contribution is 2.23. The molecule has 106 valence electrons. The normalized spacial score (nSPS) is 14.6. The van der Waals surface area contributed by atoms with E-state index in [2.05, 4.69) is 38.9 Å². The topological polar surface area (TPSA) is 44.8 Å². The summed E-state index contributed by atoms with van der Waals surface area (Å²) in [5.41, 5.74) is 2.44. The van der Waals surface area contributed by atoms with Gasteiger partial charge in [-0.1, -0.05) is 40.2 Å². The van der Waals surface area contributed by atoms with Gasteiger partial charge in [-0.2, -0.15) is 0 Å². The van der Waals surface area contributed by atoms with Crippen LogP contribution in [0.5, 0.6) is 0 Å². The van der Waals surface area contributed by atoms with Gasteiger partial charge >= 0.3 is 0 Å². The van der Waals surface area contributed by atoms with Crippen LogP contribution in [0.15, 0.2) is 24.3 Å². The Hall–Kier alpha value is -0.910. The summed E-state index contributed by atoms with van der Waals surface area (Å²) in [6.45, 7) is 4.07. The first-order valence-corrected chi connectivity index (χ1v) is 7.37. The van der Waals surface area contributed by atoms with Crippen molar-refractivity contribution in [2.24, 2.45) is 0 Å². The van der Waals surface area contributed by atoms with E-state index in [1.807, 2.05) is 6.07 Å². The maximum atomic E-state index is 9.18. The second-order valence-corrected chi connectivity index (χ2v) is 4.60. The molecule has 4 nitrogen and oxygen atoms in total. The van der Waals surface area contributed by atoms with Crippen molar-refractivity contribution in [1.82, 2.24) is 0 Å². The third-order valence-corrected chi connectivity index (χ3v) is 2.86. The molecule has 1 aromatic carbocycles. The molecule has 0 radical (unpaired) electrons. The molecule has 19 heavy (non-hydrogen) atoms. The summed E-state index contributed by atoms with van der Waals surface area (Å²) >= 11 is 3.43. The van der Waals surface area contributed by atoms with Gasteiger partial charge in [-0.25, -0.2) is 0 Å². The van der Waals surface area contributed by atoms with Gasteiger partial charge < -0.3 is 14.2 Å². The van der Waals surface area contributed by atoms with Gasteiger partial charge in [-0.3, -0.25) is 4.79 Å². The lowest BCUT2D eigenvalue weighted by atomic mass is 10.1. The van der Waals surface area contributed by atoms with Crippen molar-refractivity contribution in [3.8, 4) is 0 Å². The number of hydrogen-bond acceptors (Lipinski definition) is 4. The van der Waals surface area contributed by atoms with Gasteiger partial charge in [0.25, 0.3) is 6.47 Å². The second-order valence-electron chi connectivity index (χ2n) is 3.81. The molecule has 1 fully saturated rings. The van der Waals surface area contributed by atoms with E-state index in [4.69, 9.17) is 9.47 Å². The van der Waals surface area contributed by atoms with Gasteiger partial charge in [0, 0.05) is 10.9 Å². The third kappa shape index (κ3) is 6.18. The maximum Gasteiger partial charge on any atom is 0.293 e. The van der Waals surface area contributed by atoms with Crippen LogP contribution in [0.3, 0.4) is 0 Å². The summed E-state index contributed by atoms with van der Waals surface area (Å²) < 4.78 is 15.0. The van der Waals surface area contributed by atoms with Crippen molar-refractivity contribution < 1.29 is 19.0 Å². The van der Waals surface area contributed by atoms with Crippen LogP contribution in [0.2, 0.25) is 0 Å². The number of alkyl halides is 1. The first-order chi connectivity index (χ1) is 9.31. The van der Waals surface area contributed by atoms with Crippen molar-refractivity contribution in [2.45, 2.75) is 19.6 Å².